The summed E-state index contributed by atoms with van der Waals surface area (Å²) < 4.78 is 5.22. The first-order valence-electron chi connectivity index (χ1n) is 8.34. The Morgan fingerprint density at radius 2 is 1.88 bits per heavy atom. The summed E-state index contributed by atoms with van der Waals surface area (Å²) in [6.45, 7) is 2.86. The Morgan fingerprint density at radius 1 is 1.15 bits per heavy atom. The highest BCUT2D eigenvalue weighted by Gasteiger charge is 2.20. The molecule has 0 bridgehead atoms. The van der Waals surface area contributed by atoms with Crippen molar-refractivity contribution < 1.29 is 14.3 Å². The highest BCUT2D eigenvalue weighted by Crippen LogP contribution is 2.26. The van der Waals surface area contributed by atoms with Gasteiger partial charge in [0.05, 0.1) is 23.4 Å². The molecular weight excluding hydrogens is 354 g/mol. The second kappa shape index (κ2) is 8.21. The SMILES string of the molecule is COc1ccccc1C(=O)Nc1cc(C(=O)N2CCNCC2)ccc1Cl. The molecule has 26 heavy (non-hydrogen) atoms. The van der Waals surface area contributed by atoms with Crippen LogP contribution in [0.5, 0.6) is 5.75 Å². The second-order valence-corrected chi connectivity index (χ2v) is 6.30. The first-order valence-corrected chi connectivity index (χ1v) is 8.72. The van der Waals surface area contributed by atoms with Crippen molar-refractivity contribution in [2.45, 2.75) is 0 Å². The van der Waals surface area contributed by atoms with E-state index in [-0.39, 0.29) is 11.8 Å². The smallest absolute Gasteiger partial charge is 0.259 e. The number of carbonyl (C=O) groups excluding carboxylic acids is 2. The number of hydrogen-bond acceptors (Lipinski definition) is 4. The third-order valence-corrected chi connectivity index (χ3v) is 4.55. The van der Waals surface area contributed by atoms with Crippen LogP contribution in [0.1, 0.15) is 20.7 Å². The molecule has 0 spiro atoms. The van der Waals surface area contributed by atoms with E-state index in [1.54, 1.807) is 47.4 Å². The molecule has 1 aliphatic heterocycles. The van der Waals surface area contributed by atoms with Gasteiger partial charge in [0.25, 0.3) is 11.8 Å². The predicted octanol–water partition coefficient (Wildman–Crippen LogP) is 2.65. The molecule has 3 rings (SSSR count). The maximum Gasteiger partial charge on any atom is 0.259 e. The van der Waals surface area contributed by atoms with Gasteiger partial charge in [-0.2, -0.15) is 0 Å². The Kier molecular flexibility index (Phi) is 5.75. The maximum absolute atomic E-state index is 12.6. The van der Waals surface area contributed by atoms with Crippen molar-refractivity contribution in [2.24, 2.45) is 0 Å². The monoisotopic (exact) mass is 373 g/mol. The number of hydrogen-bond donors (Lipinski definition) is 2. The van der Waals surface area contributed by atoms with Gasteiger partial charge in [-0.25, -0.2) is 0 Å². The minimum absolute atomic E-state index is 0.0732. The summed E-state index contributed by atoms with van der Waals surface area (Å²) in [5.74, 6) is 0.0428. The van der Waals surface area contributed by atoms with E-state index < -0.39 is 0 Å². The summed E-state index contributed by atoms with van der Waals surface area (Å²) in [6.07, 6.45) is 0. The van der Waals surface area contributed by atoms with Crippen LogP contribution in [0.25, 0.3) is 0 Å². The summed E-state index contributed by atoms with van der Waals surface area (Å²) in [6, 6.07) is 11.8. The molecule has 0 aliphatic carbocycles. The lowest BCUT2D eigenvalue weighted by Crippen LogP contribution is -2.46. The van der Waals surface area contributed by atoms with Crippen molar-refractivity contribution in [2.75, 3.05) is 38.6 Å². The van der Waals surface area contributed by atoms with E-state index in [1.165, 1.54) is 7.11 Å². The molecule has 0 atom stereocenters. The molecular formula is C19H20ClN3O3. The number of methoxy groups -OCH3 is 1. The number of nitrogens with one attached hydrogen (secondary N) is 2. The lowest BCUT2D eigenvalue weighted by Gasteiger charge is -2.27. The Hall–Kier alpha value is -2.57. The zero-order chi connectivity index (χ0) is 18.5. The lowest BCUT2D eigenvalue weighted by atomic mass is 10.1. The first kappa shape index (κ1) is 18.2. The van der Waals surface area contributed by atoms with Crippen molar-refractivity contribution >= 4 is 29.1 Å². The van der Waals surface area contributed by atoms with E-state index in [1.807, 2.05) is 0 Å². The molecule has 1 saturated heterocycles. The van der Waals surface area contributed by atoms with Crippen LogP contribution in [0, 0.1) is 0 Å². The van der Waals surface area contributed by atoms with Crippen molar-refractivity contribution in [3.63, 3.8) is 0 Å². The van der Waals surface area contributed by atoms with Crippen LogP contribution in [0.15, 0.2) is 42.5 Å². The number of ether oxygens (including phenoxy) is 1. The number of para-hydroxylation sites is 1. The summed E-state index contributed by atoms with van der Waals surface area (Å²) in [7, 11) is 1.51. The standard InChI is InChI=1S/C19H20ClN3O3/c1-26-17-5-3-2-4-14(17)18(24)22-16-12-13(6-7-15(16)20)19(25)23-10-8-21-9-11-23/h2-7,12,21H,8-11H2,1H3,(H,22,24). The number of rotatable bonds is 4. The minimum Gasteiger partial charge on any atom is -0.496 e. The van der Waals surface area contributed by atoms with E-state index in [0.717, 1.165) is 13.1 Å². The topological polar surface area (TPSA) is 70.7 Å². The van der Waals surface area contributed by atoms with Crippen LogP contribution in [-0.4, -0.2) is 50.0 Å². The zero-order valence-electron chi connectivity index (χ0n) is 14.4. The fraction of sp³-hybridized carbons (Fsp3) is 0.263. The van der Waals surface area contributed by atoms with Gasteiger partial charge < -0.3 is 20.3 Å². The third-order valence-electron chi connectivity index (χ3n) is 4.22. The van der Waals surface area contributed by atoms with E-state index in [9.17, 15) is 9.59 Å². The molecule has 6 nitrogen and oxygen atoms in total. The third kappa shape index (κ3) is 3.98. The number of anilines is 1. The van der Waals surface area contributed by atoms with Crippen molar-refractivity contribution in [1.82, 2.24) is 10.2 Å². The molecule has 1 aliphatic rings. The second-order valence-electron chi connectivity index (χ2n) is 5.89. The quantitative estimate of drug-likeness (QED) is 0.864. The Balaban J connectivity index is 1.81. The van der Waals surface area contributed by atoms with Gasteiger partial charge in [-0.1, -0.05) is 23.7 Å². The van der Waals surface area contributed by atoms with Crippen LogP contribution < -0.4 is 15.4 Å². The highest BCUT2D eigenvalue weighted by atomic mass is 35.5. The van der Waals surface area contributed by atoms with Gasteiger partial charge in [-0.3, -0.25) is 9.59 Å². The summed E-state index contributed by atoms with van der Waals surface area (Å²) in [5.41, 5.74) is 1.28. The van der Waals surface area contributed by atoms with Crippen LogP contribution >= 0.6 is 11.6 Å². The van der Waals surface area contributed by atoms with Crippen LogP contribution in [0.3, 0.4) is 0 Å². The Bertz CT molecular complexity index is 819. The largest absolute Gasteiger partial charge is 0.496 e. The molecule has 2 N–H and O–H groups in total. The minimum atomic E-state index is -0.351. The number of nitrogens with zero attached hydrogens (tertiary/aromatic N) is 1. The first-order chi connectivity index (χ1) is 12.6. The molecule has 0 aromatic heterocycles. The van der Waals surface area contributed by atoms with E-state index in [4.69, 9.17) is 16.3 Å². The van der Waals surface area contributed by atoms with E-state index in [2.05, 4.69) is 10.6 Å². The Morgan fingerprint density at radius 3 is 2.62 bits per heavy atom. The summed E-state index contributed by atoms with van der Waals surface area (Å²) in [5, 5.41) is 6.34. The Labute approximate surface area is 157 Å². The number of benzene rings is 2. The van der Waals surface area contributed by atoms with Gasteiger partial charge in [0.1, 0.15) is 5.75 Å². The fourth-order valence-electron chi connectivity index (χ4n) is 2.83. The average Bonchev–Trinajstić information content (AvgIpc) is 2.69. The molecule has 1 heterocycles. The fourth-order valence-corrected chi connectivity index (χ4v) is 2.99. The molecule has 136 valence electrons. The number of piperazine rings is 1. The van der Waals surface area contributed by atoms with E-state index >= 15 is 0 Å². The molecule has 2 amide bonds. The van der Waals surface area contributed by atoms with Crippen LogP contribution in [0.2, 0.25) is 5.02 Å². The van der Waals surface area contributed by atoms with Crippen molar-refractivity contribution in [1.29, 1.82) is 0 Å². The zero-order valence-corrected chi connectivity index (χ0v) is 15.2. The predicted molar refractivity (Wildman–Crippen MR) is 101 cm³/mol. The average molecular weight is 374 g/mol. The lowest BCUT2D eigenvalue weighted by molar-refractivity contribution is 0.0735. The summed E-state index contributed by atoms with van der Waals surface area (Å²) in [4.78, 5) is 27.0. The molecule has 0 radical (unpaired) electrons. The number of amides is 2. The molecule has 2 aromatic rings. The maximum atomic E-state index is 12.6. The molecule has 2 aromatic carbocycles. The normalized spacial score (nSPS) is 14.0. The molecule has 7 heteroatoms. The molecule has 1 fully saturated rings. The number of halogens is 1. The van der Waals surface area contributed by atoms with Crippen LogP contribution in [-0.2, 0) is 0 Å². The van der Waals surface area contributed by atoms with Gasteiger partial charge in [0, 0.05) is 31.7 Å². The van der Waals surface area contributed by atoms with Crippen molar-refractivity contribution in [3.8, 4) is 5.75 Å². The van der Waals surface area contributed by atoms with Gasteiger partial charge in [-0.15, -0.1) is 0 Å². The summed E-state index contributed by atoms with van der Waals surface area (Å²) >= 11 is 6.21. The van der Waals surface area contributed by atoms with Gasteiger partial charge in [0.15, 0.2) is 0 Å². The van der Waals surface area contributed by atoms with Gasteiger partial charge >= 0.3 is 0 Å². The van der Waals surface area contributed by atoms with Gasteiger partial charge in [0.2, 0.25) is 0 Å². The van der Waals surface area contributed by atoms with E-state index in [0.29, 0.717) is 40.7 Å². The molecule has 0 unspecified atom stereocenters. The van der Waals surface area contributed by atoms with Crippen LogP contribution in [0.4, 0.5) is 5.69 Å². The van der Waals surface area contributed by atoms with Gasteiger partial charge in [-0.05, 0) is 30.3 Å². The van der Waals surface area contributed by atoms with Crippen molar-refractivity contribution in [3.05, 3.63) is 58.6 Å². The number of carbonyl (C=O) groups is 2. The highest BCUT2D eigenvalue weighted by molar-refractivity contribution is 6.34. The molecule has 0 saturated carbocycles.